The molecule has 0 radical (unpaired) electrons. The van der Waals surface area contributed by atoms with Crippen LogP contribution in [-0.4, -0.2) is 21.5 Å². The van der Waals surface area contributed by atoms with Gasteiger partial charge in [0.1, 0.15) is 5.82 Å². The Morgan fingerprint density at radius 1 is 1.10 bits per heavy atom. The molecule has 1 heterocycles. The van der Waals surface area contributed by atoms with Crippen LogP contribution in [0.2, 0.25) is 10.0 Å². The number of hydrogen-bond donors (Lipinski definition) is 1. The first-order chi connectivity index (χ1) is 15.0. The number of halogens is 3. The minimum atomic E-state index is -0.448. The molecule has 1 fully saturated rings. The number of benzene rings is 2. The molecule has 4 nitrogen and oxygen atoms in total. The van der Waals surface area contributed by atoms with E-state index < -0.39 is 5.82 Å². The maximum Gasteiger partial charge on any atom is 0.220 e. The van der Waals surface area contributed by atoms with Crippen LogP contribution in [0.3, 0.4) is 0 Å². The number of aryl methyl sites for hydroxylation is 1. The van der Waals surface area contributed by atoms with Gasteiger partial charge in [0, 0.05) is 35.3 Å². The van der Waals surface area contributed by atoms with Gasteiger partial charge in [-0.1, -0.05) is 41.4 Å². The number of aromatic nitrogens is 2. The van der Waals surface area contributed by atoms with Gasteiger partial charge in [0.2, 0.25) is 5.91 Å². The lowest BCUT2D eigenvalue weighted by Crippen LogP contribution is -2.38. The highest BCUT2D eigenvalue weighted by atomic mass is 35.5. The zero-order valence-electron chi connectivity index (χ0n) is 17.0. The van der Waals surface area contributed by atoms with Crippen LogP contribution in [0.25, 0.3) is 11.3 Å². The Hall–Kier alpha value is -2.37. The molecule has 0 unspecified atom stereocenters. The molecule has 1 amide bonds. The van der Waals surface area contributed by atoms with Crippen LogP contribution in [-0.2, 0) is 11.2 Å². The van der Waals surface area contributed by atoms with Crippen molar-refractivity contribution >= 4 is 29.1 Å². The molecule has 0 saturated heterocycles. The maximum absolute atomic E-state index is 13.5. The highest BCUT2D eigenvalue weighted by Gasteiger charge is 2.23. The SMILES string of the molecule is O=C(CCc1ccc(Cl)c(F)c1)NC1CCC(n2cnc(-c3ccc(Cl)cc3)c2)CC1. The summed E-state index contributed by atoms with van der Waals surface area (Å²) in [7, 11) is 0. The van der Waals surface area contributed by atoms with E-state index in [4.69, 9.17) is 23.2 Å². The number of imidazole rings is 1. The average Bonchev–Trinajstić information content (AvgIpc) is 3.26. The van der Waals surface area contributed by atoms with Crippen molar-refractivity contribution < 1.29 is 9.18 Å². The van der Waals surface area contributed by atoms with E-state index in [0.717, 1.165) is 42.5 Å². The Morgan fingerprint density at radius 2 is 1.84 bits per heavy atom. The average molecular weight is 460 g/mol. The molecular formula is C24H24Cl2FN3O. The molecule has 0 bridgehead atoms. The Balaban J connectivity index is 1.24. The van der Waals surface area contributed by atoms with Crippen LogP contribution < -0.4 is 5.32 Å². The summed E-state index contributed by atoms with van der Waals surface area (Å²) in [6.07, 6.45) is 8.65. The molecular weight excluding hydrogens is 436 g/mol. The highest BCUT2D eigenvalue weighted by molar-refractivity contribution is 6.31. The van der Waals surface area contributed by atoms with Crippen molar-refractivity contribution in [1.82, 2.24) is 14.9 Å². The summed E-state index contributed by atoms with van der Waals surface area (Å²) in [6, 6.07) is 12.9. The molecule has 162 valence electrons. The lowest BCUT2D eigenvalue weighted by atomic mass is 9.91. The standard InChI is InChI=1S/C24H24Cl2FN3O/c25-18-5-3-17(4-6-18)23-14-30(15-28-23)20-9-7-19(8-10-20)29-24(31)12-2-16-1-11-21(26)22(27)13-16/h1,3-6,11,13-15,19-20H,2,7-10,12H2,(H,29,31). The third-order valence-electron chi connectivity index (χ3n) is 5.85. The molecule has 1 saturated carbocycles. The molecule has 1 N–H and O–H groups in total. The first-order valence-electron chi connectivity index (χ1n) is 10.5. The molecule has 31 heavy (non-hydrogen) atoms. The Kier molecular flexibility index (Phi) is 6.93. The molecule has 1 aromatic heterocycles. The smallest absolute Gasteiger partial charge is 0.220 e. The van der Waals surface area contributed by atoms with Crippen LogP contribution in [0.1, 0.15) is 43.7 Å². The number of amides is 1. The van der Waals surface area contributed by atoms with Gasteiger partial charge in [0.05, 0.1) is 17.0 Å². The van der Waals surface area contributed by atoms with E-state index in [0.29, 0.717) is 23.9 Å². The lowest BCUT2D eigenvalue weighted by molar-refractivity contribution is -0.122. The van der Waals surface area contributed by atoms with E-state index in [1.165, 1.54) is 12.1 Å². The van der Waals surface area contributed by atoms with Crippen molar-refractivity contribution in [3.05, 3.63) is 76.4 Å². The highest BCUT2D eigenvalue weighted by Crippen LogP contribution is 2.30. The van der Waals surface area contributed by atoms with E-state index >= 15 is 0 Å². The van der Waals surface area contributed by atoms with Gasteiger partial charge in [-0.25, -0.2) is 9.37 Å². The molecule has 0 atom stereocenters. The number of nitrogens with one attached hydrogen (secondary N) is 1. The Labute approximate surface area is 191 Å². The van der Waals surface area contributed by atoms with E-state index in [2.05, 4.69) is 21.1 Å². The van der Waals surface area contributed by atoms with Crippen LogP contribution in [0.4, 0.5) is 4.39 Å². The van der Waals surface area contributed by atoms with Crippen LogP contribution in [0.15, 0.2) is 55.0 Å². The molecule has 0 aliphatic heterocycles. The van der Waals surface area contributed by atoms with Crippen molar-refractivity contribution in [3.8, 4) is 11.3 Å². The zero-order valence-corrected chi connectivity index (χ0v) is 18.5. The second kappa shape index (κ2) is 9.84. The molecule has 3 aromatic rings. The Bertz CT molecular complexity index is 1040. The summed E-state index contributed by atoms with van der Waals surface area (Å²) in [5.41, 5.74) is 2.76. The maximum atomic E-state index is 13.5. The fraction of sp³-hybridized carbons (Fsp3) is 0.333. The summed E-state index contributed by atoms with van der Waals surface area (Å²) in [6.45, 7) is 0. The van der Waals surface area contributed by atoms with Gasteiger partial charge < -0.3 is 9.88 Å². The molecule has 2 aromatic carbocycles. The second-order valence-corrected chi connectivity index (χ2v) is 8.88. The number of hydrogen-bond acceptors (Lipinski definition) is 2. The van der Waals surface area contributed by atoms with Gasteiger partial charge in [-0.15, -0.1) is 0 Å². The Morgan fingerprint density at radius 3 is 2.55 bits per heavy atom. The van der Waals surface area contributed by atoms with Gasteiger partial charge in [0.25, 0.3) is 0 Å². The van der Waals surface area contributed by atoms with Crippen molar-refractivity contribution in [2.75, 3.05) is 0 Å². The summed E-state index contributed by atoms with van der Waals surface area (Å²) in [5, 5.41) is 3.94. The normalized spacial score (nSPS) is 18.7. The molecule has 1 aliphatic rings. The van der Waals surface area contributed by atoms with E-state index in [1.54, 1.807) is 6.07 Å². The van der Waals surface area contributed by atoms with E-state index in [-0.39, 0.29) is 17.0 Å². The summed E-state index contributed by atoms with van der Waals surface area (Å²) in [4.78, 5) is 16.9. The van der Waals surface area contributed by atoms with Crippen molar-refractivity contribution in [2.24, 2.45) is 0 Å². The summed E-state index contributed by atoms with van der Waals surface area (Å²) in [5.74, 6) is -0.442. The van der Waals surface area contributed by atoms with Gasteiger partial charge in [0.15, 0.2) is 0 Å². The fourth-order valence-corrected chi connectivity index (χ4v) is 4.32. The first kappa shape index (κ1) is 21.8. The van der Waals surface area contributed by atoms with E-state index in [9.17, 15) is 9.18 Å². The van der Waals surface area contributed by atoms with Gasteiger partial charge >= 0.3 is 0 Å². The number of carbonyl (C=O) groups is 1. The second-order valence-electron chi connectivity index (χ2n) is 8.03. The predicted molar refractivity (Wildman–Crippen MR) is 122 cm³/mol. The van der Waals surface area contributed by atoms with E-state index in [1.807, 2.05) is 30.6 Å². The summed E-state index contributed by atoms with van der Waals surface area (Å²) >= 11 is 11.7. The number of rotatable bonds is 6. The van der Waals surface area contributed by atoms with Crippen LogP contribution in [0, 0.1) is 5.82 Å². The monoisotopic (exact) mass is 459 g/mol. The van der Waals surface area contributed by atoms with Crippen molar-refractivity contribution in [2.45, 2.75) is 50.6 Å². The molecule has 1 aliphatic carbocycles. The molecule has 0 spiro atoms. The van der Waals surface area contributed by atoms with Crippen molar-refractivity contribution in [1.29, 1.82) is 0 Å². The van der Waals surface area contributed by atoms with Gasteiger partial charge in [-0.05, 0) is 61.9 Å². The predicted octanol–water partition coefficient (Wildman–Crippen LogP) is 6.23. The third kappa shape index (κ3) is 5.66. The first-order valence-corrected chi connectivity index (χ1v) is 11.3. The van der Waals surface area contributed by atoms with Gasteiger partial charge in [-0.2, -0.15) is 0 Å². The lowest BCUT2D eigenvalue weighted by Gasteiger charge is -2.29. The van der Waals surface area contributed by atoms with Crippen LogP contribution >= 0.6 is 23.2 Å². The third-order valence-corrected chi connectivity index (χ3v) is 6.41. The number of nitrogens with zero attached hydrogens (tertiary/aromatic N) is 2. The molecule has 4 rings (SSSR count). The zero-order chi connectivity index (χ0) is 21.8. The van der Waals surface area contributed by atoms with Crippen molar-refractivity contribution in [3.63, 3.8) is 0 Å². The minimum Gasteiger partial charge on any atom is -0.353 e. The van der Waals surface area contributed by atoms with Gasteiger partial charge in [-0.3, -0.25) is 4.79 Å². The molecule has 7 heteroatoms. The largest absolute Gasteiger partial charge is 0.353 e. The minimum absolute atomic E-state index is 0.00598. The topological polar surface area (TPSA) is 46.9 Å². The summed E-state index contributed by atoms with van der Waals surface area (Å²) < 4.78 is 15.7. The number of carbonyl (C=O) groups excluding carboxylic acids is 1. The fourth-order valence-electron chi connectivity index (χ4n) is 4.08. The quantitative estimate of drug-likeness (QED) is 0.474. The van der Waals surface area contributed by atoms with Crippen LogP contribution in [0.5, 0.6) is 0 Å².